The van der Waals surface area contributed by atoms with Crippen molar-refractivity contribution in [2.75, 3.05) is 4.53 Å². The van der Waals surface area contributed by atoms with Gasteiger partial charge < -0.3 is 0 Å². The number of para-hydroxylation sites is 1. The lowest BCUT2D eigenvalue weighted by Gasteiger charge is -2.17. The highest BCUT2D eigenvalue weighted by molar-refractivity contribution is 8.32. The number of anilines is 1. The molecule has 1 atom stereocenters. The molecule has 84 valence electrons. The first-order valence-electron chi connectivity index (χ1n) is 3.75. The molecule has 0 spiro atoms. The van der Waals surface area contributed by atoms with Crippen LogP contribution in [-0.2, 0) is 20.1 Å². The Morgan fingerprint density at radius 1 is 1.40 bits per heavy atom. The van der Waals surface area contributed by atoms with E-state index >= 15 is 0 Å². The Labute approximate surface area is 102 Å². The molecular formula is C7H7Cl2FN2OS2. The van der Waals surface area contributed by atoms with Crippen LogP contribution < -0.4 is 9.25 Å². The van der Waals surface area contributed by atoms with Gasteiger partial charge in [0.15, 0.2) is 4.96 Å². The van der Waals surface area contributed by atoms with E-state index in [2.05, 4.69) is 11.2 Å². The Hall–Kier alpha value is -0.140. The summed E-state index contributed by atoms with van der Waals surface area (Å²) in [5, 5.41) is 0. The standard InChI is InChI=1S/C7H7Cl2FN2OS2/c8-7(9)11-15(13,14)12(10)6-4-2-1-3-5-6/h1-5,7,11H. The van der Waals surface area contributed by atoms with Gasteiger partial charge in [0.25, 0.3) is 0 Å². The number of rotatable bonds is 4. The van der Waals surface area contributed by atoms with E-state index in [9.17, 15) is 8.69 Å². The molecule has 0 aliphatic rings. The van der Waals surface area contributed by atoms with Crippen LogP contribution in [0.3, 0.4) is 0 Å². The molecule has 0 aromatic heterocycles. The second kappa shape index (κ2) is 5.27. The van der Waals surface area contributed by atoms with Gasteiger partial charge in [-0.25, -0.2) is 4.21 Å². The average molecular weight is 289 g/mol. The smallest absolute Gasteiger partial charge is 0.206 e. The van der Waals surface area contributed by atoms with Crippen LogP contribution in [0.2, 0.25) is 0 Å². The third-order valence-corrected chi connectivity index (χ3v) is 3.73. The van der Waals surface area contributed by atoms with Gasteiger partial charge in [0, 0.05) is 11.2 Å². The summed E-state index contributed by atoms with van der Waals surface area (Å²) in [4.78, 5) is -1.20. The highest BCUT2D eigenvalue weighted by Crippen LogP contribution is 2.18. The van der Waals surface area contributed by atoms with E-state index in [1.54, 1.807) is 18.2 Å². The van der Waals surface area contributed by atoms with Crippen molar-refractivity contribution in [1.82, 2.24) is 4.72 Å². The third kappa shape index (κ3) is 3.73. The van der Waals surface area contributed by atoms with Crippen LogP contribution in [0.15, 0.2) is 30.3 Å². The Morgan fingerprint density at radius 3 is 2.40 bits per heavy atom. The van der Waals surface area contributed by atoms with Gasteiger partial charge in [-0.1, -0.05) is 45.9 Å². The molecule has 8 heteroatoms. The Bertz CT molecular complexity index is 412. The van der Waals surface area contributed by atoms with Crippen molar-refractivity contribution >= 4 is 48.9 Å². The molecule has 0 fully saturated rings. The fourth-order valence-corrected chi connectivity index (χ4v) is 3.15. The summed E-state index contributed by atoms with van der Waals surface area (Å²) in [6.07, 6.45) is 0. The summed E-state index contributed by atoms with van der Waals surface area (Å²) in [5.41, 5.74) is 0.0685. The van der Waals surface area contributed by atoms with Crippen molar-refractivity contribution in [2.24, 2.45) is 0 Å². The molecule has 0 aliphatic carbocycles. The third-order valence-electron chi connectivity index (χ3n) is 1.41. The van der Waals surface area contributed by atoms with Gasteiger partial charge >= 0.3 is 0 Å². The zero-order valence-electron chi connectivity index (χ0n) is 7.27. The molecule has 1 aromatic carbocycles. The zero-order chi connectivity index (χ0) is 11.5. The molecule has 0 aliphatic heterocycles. The van der Waals surface area contributed by atoms with Gasteiger partial charge in [0.05, 0.1) is 5.69 Å². The minimum Gasteiger partial charge on any atom is -0.216 e. The lowest BCUT2D eigenvalue weighted by molar-refractivity contribution is 0.523. The van der Waals surface area contributed by atoms with Gasteiger partial charge in [-0.3, -0.25) is 0 Å². The number of nitrogens with zero attached hydrogens (tertiary/aromatic N) is 1. The lowest BCUT2D eigenvalue weighted by Crippen LogP contribution is -2.37. The van der Waals surface area contributed by atoms with Gasteiger partial charge in [0.2, 0.25) is 8.86 Å². The number of benzene rings is 1. The van der Waals surface area contributed by atoms with Crippen molar-refractivity contribution in [2.45, 2.75) is 4.96 Å². The van der Waals surface area contributed by atoms with Crippen LogP contribution in [0.4, 0.5) is 10.2 Å². The molecule has 0 amide bonds. The number of hydrogen-bond donors (Lipinski definition) is 1. The highest BCUT2D eigenvalue weighted by atomic mass is 35.5. The number of halogens is 3. The molecule has 0 radical (unpaired) electrons. The van der Waals surface area contributed by atoms with E-state index in [1.807, 2.05) is 4.72 Å². The summed E-state index contributed by atoms with van der Waals surface area (Å²) in [7, 11) is -3.53. The maximum absolute atomic E-state index is 13.5. The Kier molecular flexibility index (Phi) is 4.54. The van der Waals surface area contributed by atoms with E-state index in [4.69, 9.17) is 23.2 Å². The van der Waals surface area contributed by atoms with Crippen molar-refractivity contribution in [3.05, 3.63) is 30.3 Å². The van der Waals surface area contributed by atoms with Crippen molar-refractivity contribution in [3.8, 4) is 0 Å². The highest BCUT2D eigenvalue weighted by Gasteiger charge is 2.20. The molecule has 1 N–H and O–H groups in total. The summed E-state index contributed by atoms with van der Waals surface area (Å²) >= 11 is 15.1. The summed E-state index contributed by atoms with van der Waals surface area (Å²) < 4.78 is 27.1. The molecule has 0 saturated heterocycles. The van der Waals surface area contributed by atoms with E-state index in [0.29, 0.717) is 0 Å². The normalized spacial score (nSPS) is 14.9. The fraction of sp³-hybridized carbons (Fsp3) is 0.143. The topological polar surface area (TPSA) is 32.3 Å². The average Bonchev–Trinajstić information content (AvgIpc) is 2.16. The lowest BCUT2D eigenvalue weighted by atomic mass is 10.3. The van der Waals surface area contributed by atoms with Gasteiger partial charge in [-0.15, -0.1) is 4.53 Å². The summed E-state index contributed by atoms with van der Waals surface area (Å²) in [5.74, 6) is 0. The maximum atomic E-state index is 13.5. The second-order valence-corrected chi connectivity index (χ2v) is 6.43. The van der Waals surface area contributed by atoms with Crippen LogP contribution in [0.1, 0.15) is 0 Å². The molecule has 1 rings (SSSR count). The quantitative estimate of drug-likeness (QED) is 0.524. The molecule has 0 heterocycles. The Balaban J connectivity index is 2.90. The number of nitrogens with one attached hydrogen (secondary N) is 1. The zero-order valence-corrected chi connectivity index (χ0v) is 10.4. The van der Waals surface area contributed by atoms with E-state index in [1.165, 1.54) is 12.1 Å². The molecule has 0 saturated carbocycles. The molecule has 0 bridgehead atoms. The van der Waals surface area contributed by atoms with E-state index in [0.717, 1.165) is 0 Å². The minimum atomic E-state index is -3.53. The molecule has 15 heavy (non-hydrogen) atoms. The molecule has 1 aromatic rings. The van der Waals surface area contributed by atoms with Crippen LogP contribution >= 0.6 is 23.2 Å². The van der Waals surface area contributed by atoms with Crippen molar-refractivity contribution < 1.29 is 8.69 Å². The number of hydrogen-bond acceptors (Lipinski definition) is 2. The van der Waals surface area contributed by atoms with Crippen molar-refractivity contribution in [3.63, 3.8) is 0 Å². The maximum Gasteiger partial charge on any atom is 0.206 e. The van der Waals surface area contributed by atoms with E-state index in [-0.39, 0.29) is 10.2 Å². The van der Waals surface area contributed by atoms with Crippen LogP contribution in [0.5, 0.6) is 0 Å². The first-order valence-corrected chi connectivity index (χ1v) is 7.06. The number of alkyl halides is 2. The van der Waals surface area contributed by atoms with Crippen LogP contribution in [0, 0.1) is 0 Å². The van der Waals surface area contributed by atoms with Crippen LogP contribution in [-0.4, -0.2) is 9.17 Å². The second-order valence-electron chi connectivity index (χ2n) is 2.47. The first kappa shape index (κ1) is 12.9. The van der Waals surface area contributed by atoms with Crippen molar-refractivity contribution in [1.29, 1.82) is 0 Å². The van der Waals surface area contributed by atoms with Gasteiger partial charge in [-0.05, 0) is 12.1 Å². The summed E-state index contributed by atoms with van der Waals surface area (Å²) in [6.45, 7) is 0. The molecular weight excluding hydrogens is 282 g/mol. The predicted molar refractivity (Wildman–Crippen MR) is 64.2 cm³/mol. The van der Waals surface area contributed by atoms with Crippen LogP contribution in [0.25, 0.3) is 0 Å². The Morgan fingerprint density at radius 2 is 1.93 bits per heavy atom. The minimum absolute atomic E-state index is 0.0685. The van der Waals surface area contributed by atoms with E-state index < -0.39 is 13.8 Å². The van der Waals surface area contributed by atoms with Gasteiger partial charge in [-0.2, -0.15) is 4.72 Å². The monoisotopic (exact) mass is 288 g/mol. The largest absolute Gasteiger partial charge is 0.216 e. The molecule has 3 nitrogen and oxygen atoms in total. The first-order chi connectivity index (χ1) is 6.93. The predicted octanol–water partition coefficient (Wildman–Crippen LogP) is 2.30. The summed E-state index contributed by atoms with van der Waals surface area (Å²) in [6, 6.07) is 7.72. The SMILES string of the molecule is O=S(=S)(NC(Cl)Cl)N(F)c1ccccc1. The molecule has 1 unspecified atom stereocenters. The van der Waals surface area contributed by atoms with Gasteiger partial charge in [0.1, 0.15) is 0 Å². The fourth-order valence-electron chi connectivity index (χ4n) is 0.843.